The number of benzene rings is 2. The molecule has 0 aliphatic carbocycles. The highest BCUT2D eigenvalue weighted by molar-refractivity contribution is 6.99. The zero-order valence-corrected chi connectivity index (χ0v) is 28.3. The largest absolute Gasteiger partial charge is 0.416 e. The summed E-state index contributed by atoms with van der Waals surface area (Å²) in [4.78, 5) is 0. The fraction of sp³-hybridized carbons (Fsp3) is 0.588. The minimum atomic E-state index is -2.71. The lowest BCUT2D eigenvalue weighted by Gasteiger charge is -2.45. The third kappa shape index (κ3) is 7.95. The van der Waals surface area contributed by atoms with Gasteiger partial charge in [0.2, 0.25) is 0 Å². The van der Waals surface area contributed by atoms with Gasteiger partial charge in [0.05, 0.1) is 12.2 Å². The first kappa shape index (κ1) is 33.5. The molecule has 5 heteroatoms. The van der Waals surface area contributed by atoms with E-state index in [4.69, 9.17) is 8.85 Å². The molecule has 2 rings (SSSR count). The first-order chi connectivity index (χ1) is 18.3. The maximum absolute atomic E-state index is 11.1. The Morgan fingerprint density at radius 3 is 1.62 bits per heavy atom. The maximum atomic E-state index is 11.1. The third-order valence-electron chi connectivity index (χ3n) is 8.26. The number of rotatable bonds is 13. The highest BCUT2D eigenvalue weighted by Gasteiger charge is 2.51. The van der Waals surface area contributed by atoms with Gasteiger partial charge in [0.25, 0.3) is 8.32 Å². The van der Waals surface area contributed by atoms with Crippen molar-refractivity contribution in [3.63, 3.8) is 0 Å². The van der Waals surface area contributed by atoms with E-state index in [1.807, 2.05) is 19.1 Å². The van der Waals surface area contributed by atoms with E-state index in [0.717, 1.165) is 19.4 Å². The summed E-state index contributed by atoms with van der Waals surface area (Å²) in [5, 5.41) is 13.4. The average molecular weight is 567 g/mol. The van der Waals surface area contributed by atoms with Gasteiger partial charge in [-0.25, -0.2) is 0 Å². The van der Waals surface area contributed by atoms with Crippen LogP contribution < -0.4 is 10.4 Å². The molecule has 1 N–H and O–H groups in total. The van der Waals surface area contributed by atoms with E-state index in [1.165, 1.54) is 10.4 Å². The van der Waals surface area contributed by atoms with E-state index >= 15 is 0 Å². The minimum Gasteiger partial charge on any atom is -0.416 e. The summed E-state index contributed by atoms with van der Waals surface area (Å²) in [6.07, 6.45) is 1.12. The molecule has 2 aromatic rings. The molecule has 216 valence electrons. The standard InChI is InChI=1S/C34H54O3Si2/c1-27(2)38(28(3)4,29(5)6)36-26-20-12-11-19-25-33(35)30(7)37-39(34(8,9)10,31-21-15-13-16-22-31)32-23-17-14-18-24-32/h13-18,21-24,27-30,33,35H,12,20,25-26H2,1-10H3/t30-,33+/m1/s1. The average Bonchev–Trinajstić information content (AvgIpc) is 2.88. The Morgan fingerprint density at radius 2 is 1.21 bits per heavy atom. The molecule has 0 heterocycles. The Morgan fingerprint density at radius 1 is 0.744 bits per heavy atom. The van der Waals surface area contributed by atoms with Crippen molar-refractivity contribution >= 4 is 27.0 Å². The second-order valence-electron chi connectivity index (χ2n) is 12.9. The molecule has 0 bridgehead atoms. The fourth-order valence-electron chi connectivity index (χ4n) is 6.39. The van der Waals surface area contributed by atoms with E-state index in [1.54, 1.807) is 0 Å². The Balaban J connectivity index is 2.08. The van der Waals surface area contributed by atoms with Crippen LogP contribution in [0.5, 0.6) is 0 Å². The van der Waals surface area contributed by atoms with Crippen molar-refractivity contribution in [3.8, 4) is 11.8 Å². The Hall–Kier alpha value is -1.69. The molecule has 0 aromatic heterocycles. The molecule has 39 heavy (non-hydrogen) atoms. The van der Waals surface area contributed by atoms with Crippen LogP contribution in [0.3, 0.4) is 0 Å². The van der Waals surface area contributed by atoms with Crippen LogP contribution in [0.1, 0.15) is 88.5 Å². The Kier molecular flexibility index (Phi) is 12.7. The van der Waals surface area contributed by atoms with E-state index in [2.05, 4.69) is 123 Å². The summed E-state index contributed by atoms with van der Waals surface area (Å²) >= 11 is 0. The predicted octanol–water partition coefficient (Wildman–Crippen LogP) is 7.68. The Bertz CT molecular complexity index is 972. The molecular formula is C34H54O3Si2. The first-order valence-electron chi connectivity index (χ1n) is 14.9. The molecule has 0 amide bonds. The first-order valence-corrected chi connectivity index (χ1v) is 18.9. The van der Waals surface area contributed by atoms with Crippen molar-refractivity contribution in [2.24, 2.45) is 0 Å². The maximum Gasteiger partial charge on any atom is 0.261 e. The van der Waals surface area contributed by atoms with Gasteiger partial charge in [-0.1, -0.05) is 123 Å². The second kappa shape index (κ2) is 14.8. The van der Waals surface area contributed by atoms with Crippen LogP contribution in [0.15, 0.2) is 60.7 Å². The van der Waals surface area contributed by atoms with Crippen molar-refractivity contribution in [2.45, 2.75) is 122 Å². The second-order valence-corrected chi connectivity index (χ2v) is 22.6. The van der Waals surface area contributed by atoms with Gasteiger partial charge in [-0.05, 0) is 45.4 Å². The van der Waals surface area contributed by atoms with E-state index in [-0.39, 0.29) is 11.1 Å². The normalized spacial score (nSPS) is 14.4. The van der Waals surface area contributed by atoms with Gasteiger partial charge in [0, 0.05) is 19.4 Å². The van der Waals surface area contributed by atoms with Crippen LogP contribution in [-0.4, -0.2) is 40.6 Å². The Labute approximate surface area is 242 Å². The molecule has 0 fully saturated rings. The molecule has 2 atom stereocenters. The molecule has 0 saturated carbocycles. The van der Waals surface area contributed by atoms with Gasteiger partial charge in [0.15, 0.2) is 8.32 Å². The monoisotopic (exact) mass is 566 g/mol. The zero-order chi connectivity index (χ0) is 29.3. The summed E-state index contributed by atoms with van der Waals surface area (Å²) in [5.41, 5.74) is 1.78. The van der Waals surface area contributed by atoms with Crippen molar-refractivity contribution in [2.75, 3.05) is 6.61 Å². The number of unbranched alkanes of at least 4 members (excludes halogenated alkanes) is 1. The summed E-state index contributed by atoms with van der Waals surface area (Å²) < 4.78 is 13.7. The number of hydrogen-bond donors (Lipinski definition) is 1. The lowest BCUT2D eigenvalue weighted by Crippen LogP contribution is -2.68. The van der Waals surface area contributed by atoms with Gasteiger partial charge in [-0.2, -0.15) is 0 Å². The summed E-state index contributed by atoms with van der Waals surface area (Å²) in [7, 11) is -4.53. The summed E-state index contributed by atoms with van der Waals surface area (Å²) in [5.74, 6) is 6.51. The van der Waals surface area contributed by atoms with Crippen LogP contribution in [0.25, 0.3) is 0 Å². The molecule has 0 radical (unpaired) electrons. The SMILES string of the molecule is CC(C)[Si](OCCCC#CC[C@H](O)[C@@H](C)O[Si](c1ccccc1)(c1ccccc1)C(C)(C)C)(C(C)C)C(C)C. The fourth-order valence-corrected chi connectivity index (χ4v) is 16.6. The van der Waals surface area contributed by atoms with E-state index in [9.17, 15) is 5.11 Å². The molecule has 0 spiro atoms. The van der Waals surface area contributed by atoms with Gasteiger partial charge in [0.1, 0.15) is 0 Å². The van der Waals surface area contributed by atoms with Crippen LogP contribution in [-0.2, 0) is 8.85 Å². The van der Waals surface area contributed by atoms with Crippen LogP contribution >= 0.6 is 0 Å². The molecule has 2 aromatic carbocycles. The number of hydrogen-bond acceptors (Lipinski definition) is 3. The lowest BCUT2D eigenvalue weighted by atomic mass is 10.1. The highest BCUT2D eigenvalue weighted by Crippen LogP contribution is 2.42. The molecule has 0 unspecified atom stereocenters. The molecule has 0 aliphatic rings. The van der Waals surface area contributed by atoms with Crippen LogP contribution in [0.2, 0.25) is 21.7 Å². The lowest BCUT2D eigenvalue weighted by molar-refractivity contribution is 0.0449. The van der Waals surface area contributed by atoms with Crippen LogP contribution in [0.4, 0.5) is 0 Å². The zero-order valence-electron chi connectivity index (χ0n) is 26.3. The van der Waals surface area contributed by atoms with Gasteiger partial charge >= 0.3 is 0 Å². The number of aliphatic hydroxyl groups excluding tert-OH is 1. The smallest absolute Gasteiger partial charge is 0.261 e. The van der Waals surface area contributed by atoms with Crippen molar-refractivity contribution in [1.29, 1.82) is 0 Å². The predicted molar refractivity (Wildman–Crippen MR) is 173 cm³/mol. The van der Waals surface area contributed by atoms with Crippen LogP contribution in [0, 0.1) is 11.8 Å². The molecule has 0 saturated heterocycles. The van der Waals surface area contributed by atoms with Crippen molar-refractivity contribution in [3.05, 3.63) is 60.7 Å². The molecule has 0 aliphatic heterocycles. The van der Waals surface area contributed by atoms with Crippen molar-refractivity contribution in [1.82, 2.24) is 0 Å². The summed E-state index contributed by atoms with van der Waals surface area (Å²) in [6, 6.07) is 21.2. The molecular weight excluding hydrogens is 513 g/mol. The summed E-state index contributed by atoms with van der Waals surface area (Å²) in [6.45, 7) is 23.5. The van der Waals surface area contributed by atoms with Crippen molar-refractivity contribution < 1.29 is 14.0 Å². The third-order valence-corrected chi connectivity index (χ3v) is 19.5. The van der Waals surface area contributed by atoms with Gasteiger partial charge in [-0.15, -0.1) is 11.8 Å². The van der Waals surface area contributed by atoms with Gasteiger partial charge < -0.3 is 14.0 Å². The van der Waals surface area contributed by atoms with E-state index in [0.29, 0.717) is 23.0 Å². The van der Waals surface area contributed by atoms with Gasteiger partial charge in [-0.3, -0.25) is 0 Å². The minimum absolute atomic E-state index is 0.129. The van der Waals surface area contributed by atoms with E-state index < -0.39 is 22.7 Å². The highest BCUT2D eigenvalue weighted by atomic mass is 28.4. The number of aliphatic hydroxyl groups is 1. The molecule has 3 nitrogen and oxygen atoms in total. The topological polar surface area (TPSA) is 38.7 Å². The quantitative estimate of drug-likeness (QED) is 0.154.